The van der Waals surface area contributed by atoms with Gasteiger partial charge in [0.05, 0.1) is 11.3 Å². The molecule has 1 saturated carbocycles. The van der Waals surface area contributed by atoms with Gasteiger partial charge in [0.15, 0.2) is 0 Å². The van der Waals surface area contributed by atoms with E-state index in [4.69, 9.17) is 0 Å². The molecule has 4 heteroatoms. The Morgan fingerprint density at radius 1 is 1.33 bits per heavy atom. The standard InChI is InChI=1S/C14H24N2O2/c1-2-11-16-12(7-10-15-16)13(17)14(18)8-5-3-4-6-9-14/h7,10,13,17-18H,2-6,8-9,11H2,1H3. The highest BCUT2D eigenvalue weighted by molar-refractivity contribution is 5.10. The first-order chi connectivity index (χ1) is 8.67. The fourth-order valence-corrected chi connectivity index (χ4v) is 2.86. The fraction of sp³-hybridized carbons (Fsp3) is 0.786. The van der Waals surface area contributed by atoms with Crippen LogP contribution in [-0.4, -0.2) is 25.6 Å². The Hall–Kier alpha value is -0.870. The minimum Gasteiger partial charge on any atom is -0.387 e. The van der Waals surface area contributed by atoms with Gasteiger partial charge in [0, 0.05) is 12.7 Å². The van der Waals surface area contributed by atoms with Crippen molar-refractivity contribution >= 4 is 0 Å². The lowest BCUT2D eigenvalue weighted by Crippen LogP contribution is -2.37. The molecule has 1 heterocycles. The van der Waals surface area contributed by atoms with E-state index in [0.29, 0.717) is 12.8 Å². The molecule has 2 rings (SSSR count). The molecule has 0 bridgehead atoms. The molecule has 1 atom stereocenters. The van der Waals surface area contributed by atoms with E-state index in [9.17, 15) is 10.2 Å². The molecule has 1 aliphatic carbocycles. The van der Waals surface area contributed by atoms with Crippen molar-refractivity contribution in [3.8, 4) is 0 Å². The third kappa shape index (κ3) is 2.75. The van der Waals surface area contributed by atoms with E-state index in [2.05, 4.69) is 12.0 Å². The van der Waals surface area contributed by atoms with Crippen LogP contribution in [0.5, 0.6) is 0 Å². The number of hydrogen-bond acceptors (Lipinski definition) is 3. The van der Waals surface area contributed by atoms with Crippen molar-refractivity contribution in [2.24, 2.45) is 0 Å². The molecule has 0 spiro atoms. The van der Waals surface area contributed by atoms with Crippen LogP contribution in [0.3, 0.4) is 0 Å². The highest BCUT2D eigenvalue weighted by Crippen LogP contribution is 2.37. The van der Waals surface area contributed by atoms with Crippen molar-refractivity contribution in [1.82, 2.24) is 9.78 Å². The van der Waals surface area contributed by atoms with Gasteiger partial charge in [-0.05, 0) is 25.3 Å². The maximum atomic E-state index is 10.7. The summed E-state index contributed by atoms with van der Waals surface area (Å²) in [7, 11) is 0. The Morgan fingerprint density at radius 3 is 2.61 bits per heavy atom. The summed E-state index contributed by atoms with van der Waals surface area (Å²) >= 11 is 0. The lowest BCUT2D eigenvalue weighted by atomic mass is 9.86. The third-order valence-corrected chi connectivity index (χ3v) is 3.94. The van der Waals surface area contributed by atoms with Gasteiger partial charge in [0.1, 0.15) is 6.10 Å². The Labute approximate surface area is 109 Å². The Bertz CT molecular complexity index is 368. The van der Waals surface area contributed by atoms with Gasteiger partial charge in [-0.25, -0.2) is 0 Å². The van der Waals surface area contributed by atoms with Crippen LogP contribution in [0.4, 0.5) is 0 Å². The number of aliphatic hydroxyl groups is 2. The van der Waals surface area contributed by atoms with Gasteiger partial charge in [-0.15, -0.1) is 0 Å². The normalized spacial score (nSPS) is 21.5. The number of aryl methyl sites for hydroxylation is 1. The second-order valence-corrected chi connectivity index (χ2v) is 5.40. The summed E-state index contributed by atoms with van der Waals surface area (Å²) < 4.78 is 1.81. The van der Waals surface area contributed by atoms with Crippen molar-refractivity contribution in [1.29, 1.82) is 0 Å². The lowest BCUT2D eigenvalue weighted by Gasteiger charge is -2.32. The van der Waals surface area contributed by atoms with Crippen LogP contribution >= 0.6 is 0 Å². The maximum absolute atomic E-state index is 10.7. The summed E-state index contributed by atoms with van der Waals surface area (Å²) in [5, 5.41) is 25.4. The first-order valence-electron chi connectivity index (χ1n) is 7.09. The minimum atomic E-state index is -0.970. The Morgan fingerprint density at radius 2 is 2.00 bits per heavy atom. The number of nitrogens with zero attached hydrogens (tertiary/aromatic N) is 2. The van der Waals surface area contributed by atoms with Crippen LogP contribution in [-0.2, 0) is 6.54 Å². The van der Waals surface area contributed by atoms with Crippen molar-refractivity contribution in [2.45, 2.75) is 70.1 Å². The van der Waals surface area contributed by atoms with E-state index in [1.807, 2.05) is 10.7 Å². The molecular weight excluding hydrogens is 228 g/mol. The summed E-state index contributed by atoms with van der Waals surface area (Å²) in [6, 6.07) is 1.82. The maximum Gasteiger partial charge on any atom is 0.124 e. The van der Waals surface area contributed by atoms with Crippen LogP contribution in [0.25, 0.3) is 0 Å². The smallest absolute Gasteiger partial charge is 0.124 e. The lowest BCUT2D eigenvalue weighted by molar-refractivity contribution is -0.0902. The van der Waals surface area contributed by atoms with Crippen molar-refractivity contribution in [3.05, 3.63) is 18.0 Å². The molecule has 102 valence electrons. The molecule has 1 aromatic heterocycles. The summed E-state index contributed by atoms with van der Waals surface area (Å²) in [4.78, 5) is 0. The van der Waals surface area contributed by atoms with Gasteiger partial charge in [-0.1, -0.05) is 32.6 Å². The molecule has 1 aromatic rings. The molecule has 4 nitrogen and oxygen atoms in total. The first kappa shape index (κ1) is 13.6. The summed E-state index contributed by atoms with van der Waals surface area (Å²) in [5.41, 5.74) is -0.219. The molecule has 0 radical (unpaired) electrons. The minimum absolute atomic E-state index is 0.686. The zero-order valence-electron chi connectivity index (χ0n) is 11.2. The van der Waals surface area contributed by atoms with E-state index >= 15 is 0 Å². The zero-order valence-corrected chi connectivity index (χ0v) is 11.2. The molecule has 0 aromatic carbocycles. The van der Waals surface area contributed by atoms with E-state index in [0.717, 1.165) is 44.3 Å². The predicted molar refractivity (Wildman–Crippen MR) is 70.1 cm³/mol. The number of aliphatic hydroxyl groups excluding tert-OH is 1. The van der Waals surface area contributed by atoms with Gasteiger partial charge in [-0.3, -0.25) is 4.68 Å². The molecular formula is C14H24N2O2. The first-order valence-corrected chi connectivity index (χ1v) is 7.09. The van der Waals surface area contributed by atoms with E-state index in [1.165, 1.54) is 0 Å². The van der Waals surface area contributed by atoms with Crippen molar-refractivity contribution < 1.29 is 10.2 Å². The summed E-state index contributed by atoms with van der Waals surface area (Å²) in [6.07, 6.45) is 7.53. The van der Waals surface area contributed by atoms with E-state index in [1.54, 1.807) is 6.20 Å². The largest absolute Gasteiger partial charge is 0.387 e. The van der Waals surface area contributed by atoms with E-state index < -0.39 is 11.7 Å². The van der Waals surface area contributed by atoms with Gasteiger partial charge < -0.3 is 10.2 Å². The molecule has 1 aliphatic rings. The Balaban J connectivity index is 2.17. The van der Waals surface area contributed by atoms with Gasteiger partial charge in [0.2, 0.25) is 0 Å². The quantitative estimate of drug-likeness (QED) is 0.809. The molecule has 1 unspecified atom stereocenters. The average Bonchev–Trinajstić information content (AvgIpc) is 2.70. The van der Waals surface area contributed by atoms with Crippen molar-refractivity contribution in [2.75, 3.05) is 0 Å². The number of hydrogen-bond donors (Lipinski definition) is 2. The SMILES string of the molecule is CCCn1nccc1C(O)C1(O)CCCCCC1. The number of rotatable bonds is 4. The summed E-state index contributed by atoms with van der Waals surface area (Å²) in [6.45, 7) is 2.87. The van der Waals surface area contributed by atoms with Gasteiger partial charge in [-0.2, -0.15) is 5.10 Å². The second kappa shape index (κ2) is 5.85. The third-order valence-electron chi connectivity index (χ3n) is 3.94. The fourth-order valence-electron chi connectivity index (χ4n) is 2.86. The Kier molecular flexibility index (Phi) is 4.40. The molecule has 0 saturated heterocycles. The van der Waals surface area contributed by atoms with Crippen LogP contribution < -0.4 is 0 Å². The van der Waals surface area contributed by atoms with Crippen LogP contribution in [0.15, 0.2) is 12.3 Å². The summed E-state index contributed by atoms with van der Waals surface area (Å²) in [5.74, 6) is 0. The molecule has 1 fully saturated rings. The highest BCUT2D eigenvalue weighted by Gasteiger charge is 2.38. The number of aromatic nitrogens is 2. The highest BCUT2D eigenvalue weighted by atomic mass is 16.3. The van der Waals surface area contributed by atoms with E-state index in [-0.39, 0.29) is 0 Å². The van der Waals surface area contributed by atoms with Crippen molar-refractivity contribution in [3.63, 3.8) is 0 Å². The van der Waals surface area contributed by atoms with Crippen LogP contribution in [0.1, 0.15) is 63.7 Å². The average molecular weight is 252 g/mol. The van der Waals surface area contributed by atoms with Crippen LogP contribution in [0, 0.1) is 0 Å². The zero-order chi connectivity index (χ0) is 13.0. The molecule has 18 heavy (non-hydrogen) atoms. The predicted octanol–water partition coefficient (Wildman–Crippen LogP) is 2.41. The topological polar surface area (TPSA) is 58.3 Å². The molecule has 2 N–H and O–H groups in total. The second-order valence-electron chi connectivity index (χ2n) is 5.40. The monoisotopic (exact) mass is 252 g/mol. The van der Waals surface area contributed by atoms with Gasteiger partial charge in [0.25, 0.3) is 0 Å². The molecule has 0 amide bonds. The van der Waals surface area contributed by atoms with Gasteiger partial charge >= 0.3 is 0 Å². The molecule has 0 aliphatic heterocycles. The van der Waals surface area contributed by atoms with Crippen LogP contribution in [0.2, 0.25) is 0 Å².